The molecule has 1 heterocycles. The summed E-state index contributed by atoms with van der Waals surface area (Å²) in [5.41, 5.74) is 5.42. The number of hydrogen-bond donors (Lipinski definition) is 2. The Hall–Kier alpha value is -1.81. The maximum Gasteiger partial charge on any atom is 0.119 e. The number of aromatic nitrogens is 1. The van der Waals surface area contributed by atoms with E-state index in [1.165, 1.54) is 0 Å². The third-order valence-electron chi connectivity index (χ3n) is 2.89. The Morgan fingerprint density at radius 1 is 1.22 bits per heavy atom. The number of nitrogens with two attached hydrogens (primary N) is 1. The number of anilines is 1. The number of methoxy groups -OCH3 is 1. The molecule has 0 radical (unpaired) electrons. The van der Waals surface area contributed by atoms with Gasteiger partial charge in [-0.3, -0.25) is 10.8 Å². The lowest BCUT2D eigenvalue weighted by Gasteiger charge is -2.22. The van der Waals surface area contributed by atoms with Crippen LogP contribution in [0.15, 0.2) is 24.3 Å². The number of nitrogens with zero attached hydrogens (tertiary/aromatic N) is 1. The van der Waals surface area contributed by atoms with Crippen LogP contribution in [-0.4, -0.2) is 12.1 Å². The average molecular weight is 245 g/mol. The van der Waals surface area contributed by atoms with Gasteiger partial charge in [-0.05, 0) is 24.3 Å². The van der Waals surface area contributed by atoms with Gasteiger partial charge in [0.1, 0.15) is 5.75 Å². The van der Waals surface area contributed by atoms with E-state index in [2.05, 4.69) is 26.2 Å². The van der Waals surface area contributed by atoms with E-state index in [9.17, 15) is 0 Å². The van der Waals surface area contributed by atoms with Crippen LogP contribution in [0.1, 0.15) is 26.5 Å². The highest BCUT2D eigenvalue weighted by Gasteiger charge is 2.20. The molecule has 18 heavy (non-hydrogen) atoms. The molecule has 0 fully saturated rings. The summed E-state index contributed by atoms with van der Waals surface area (Å²) >= 11 is 0. The van der Waals surface area contributed by atoms with Crippen molar-refractivity contribution in [3.63, 3.8) is 0 Å². The number of fused-ring (bicyclic) bond motifs is 1. The molecule has 0 bridgehead atoms. The van der Waals surface area contributed by atoms with Crippen LogP contribution in [0.3, 0.4) is 0 Å². The van der Waals surface area contributed by atoms with Crippen LogP contribution >= 0.6 is 0 Å². The first-order chi connectivity index (χ1) is 8.45. The molecule has 0 aliphatic heterocycles. The maximum absolute atomic E-state index is 5.59. The fourth-order valence-electron chi connectivity index (χ4n) is 1.96. The second kappa shape index (κ2) is 4.46. The van der Waals surface area contributed by atoms with Crippen LogP contribution in [0.2, 0.25) is 0 Å². The van der Waals surface area contributed by atoms with Gasteiger partial charge in [0, 0.05) is 10.8 Å². The van der Waals surface area contributed by atoms with Crippen LogP contribution in [-0.2, 0) is 5.41 Å². The highest BCUT2D eigenvalue weighted by molar-refractivity contribution is 5.84. The Balaban J connectivity index is 2.68. The Morgan fingerprint density at radius 2 is 1.94 bits per heavy atom. The van der Waals surface area contributed by atoms with E-state index < -0.39 is 0 Å². The SMILES string of the molecule is COc1ccc2nc(C(C)(C)C)c(NN)cc2c1. The number of nitrogens with one attached hydrogen (secondary N) is 1. The zero-order chi connectivity index (χ0) is 13.3. The summed E-state index contributed by atoms with van der Waals surface area (Å²) in [7, 11) is 1.65. The lowest BCUT2D eigenvalue weighted by Crippen LogP contribution is -2.19. The smallest absolute Gasteiger partial charge is 0.119 e. The number of hydrogen-bond acceptors (Lipinski definition) is 4. The molecule has 2 aromatic rings. The van der Waals surface area contributed by atoms with E-state index in [1.807, 2.05) is 24.3 Å². The number of nitrogen functional groups attached to an aromatic ring is 1. The summed E-state index contributed by atoms with van der Waals surface area (Å²) < 4.78 is 5.21. The van der Waals surface area contributed by atoms with E-state index in [-0.39, 0.29) is 5.41 Å². The molecule has 1 aromatic heterocycles. The van der Waals surface area contributed by atoms with Gasteiger partial charge < -0.3 is 10.2 Å². The second-order valence-corrected chi connectivity index (χ2v) is 5.34. The van der Waals surface area contributed by atoms with E-state index >= 15 is 0 Å². The molecule has 2 rings (SSSR count). The predicted molar refractivity (Wildman–Crippen MR) is 74.8 cm³/mol. The molecule has 0 saturated carbocycles. The van der Waals surface area contributed by atoms with Crippen LogP contribution in [0.5, 0.6) is 5.75 Å². The molecule has 1 aromatic carbocycles. The summed E-state index contributed by atoms with van der Waals surface area (Å²) in [6.07, 6.45) is 0. The Bertz CT molecular complexity index is 573. The van der Waals surface area contributed by atoms with Crippen LogP contribution in [0.25, 0.3) is 10.9 Å². The molecule has 0 spiro atoms. The topological polar surface area (TPSA) is 60.2 Å². The molecule has 0 unspecified atom stereocenters. The third-order valence-corrected chi connectivity index (χ3v) is 2.89. The van der Waals surface area contributed by atoms with Crippen molar-refractivity contribution in [3.05, 3.63) is 30.0 Å². The van der Waals surface area contributed by atoms with Gasteiger partial charge in [-0.15, -0.1) is 0 Å². The Labute approximate surface area is 107 Å². The number of hydrazine groups is 1. The average Bonchev–Trinajstić information content (AvgIpc) is 2.35. The van der Waals surface area contributed by atoms with Gasteiger partial charge in [0.2, 0.25) is 0 Å². The molecule has 0 atom stereocenters. The molecule has 4 heteroatoms. The van der Waals surface area contributed by atoms with Gasteiger partial charge in [0.15, 0.2) is 0 Å². The fraction of sp³-hybridized carbons (Fsp3) is 0.357. The minimum Gasteiger partial charge on any atom is -0.497 e. The highest BCUT2D eigenvalue weighted by Crippen LogP contribution is 2.31. The number of pyridine rings is 1. The minimum absolute atomic E-state index is 0.0597. The standard InChI is InChI=1S/C14H19N3O/c1-14(2,3)13-12(17-15)8-9-7-10(18-4)5-6-11(9)16-13/h5-8,17H,15H2,1-4H3. The van der Waals surface area contributed by atoms with Crippen molar-refractivity contribution in [2.75, 3.05) is 12.5 Å². The quantitative estimate of drug-likeness (QED) is 0.631. The van der Waals surface area contributed by atoms with Gasteiger partial charge in [-0.25, -0.2) is 0 Å². The summed E-state index contributed by atoms with van der Waals surface area (Å²) in [6.45, 7) is 6.35. The van der Waals surface area contributed by atoms with Gasteiger partial charge in [-0.2, -0.15) is 0 Å². The normalized spacial score (nSPS) is 11.6. The van der Waals surface area contributed by atoms with E-state index in [4.69, 9.17) is 15.6 Å². The maximum atomic E-state index is 5.59. The minimum atomic E-state index is -0.0597. The largest absolute Gasteiger partial charge is 0.497 e. The number of benzene rings is 1. The zero-order valence-corrected chi connectivity index (χ0v) is 11.2. The summed E-state index contributed by atoms with van der Waals surface area (Å²) in [6, 6.07) is 7.84. The molecule has 0 saturated heterocycles. The molecular formula is C14H19N3O. The van der Waals surface area contributed by atoms with Crippen molar-refractivity contribution in [1.82, 2.24) is 4.98 Å². The first-order valence-electron chi connectivity index (χ1n) is 5.91. The monoisotopic (exact) mass is 245 g/mol. The van der Waals surface area contributed by atoms with Crippen molar-refractivity contribution in [3.8, 4) is 5.75 Å². The number of ether oxygens (including phenoxy) is 1. The Kier molecular flexibility index (Phi) is 3.13. The molecule has 4 nitrogen and oxygen atoms in total. The van der Waals surface area contributed by atoms with Crippen LogP contribution in [0, 0.1) is 0 Å². The predicted octanol–water partition coefficient (Wildman–Crippen LogP) is 2.83. The van der Waals surface area contributed by atoms with Crippen molar-refractivity contribution in [2.24, 2.45) is 5.84 Å². The van der Waals surface area contributed by atoms with Gasteiger partial charge in [0.05, 0.1) is 24.0 Å². The van der Waals surface area contributed by atoms with Gasteiger partial charge in [0.25, 0.3) is 0 Å². The zero-order valence-electron chi connectivity index (χ0n) is 11.2. The Morgan fingerprint density at radius 3 is 2.50 bits per heavy atom. The first kappa shape index (κ1) is 12.6. The van der Waals surface area contributed by atoms with Gasteiger partial charge >= 0.3 is 0 Å². The first-order valence-corrected chi connectivity index (χ1v) is 5.91. The van der Waals surface area contributed by atoms with E-state index in [0.717, 1.165) is 28.0 Å². The van der Waals surface area contributed by atoms with E-state index in [0.29, 0.717) is 0 Å². The lowest BCUT2D eigenvalue weighted by molar-refractivity contribution is 0.415. The highest BCUT2D eigenvalue weighted by atomic mass is 16.5. The summed E-state index contributed by atoms with van der Waals surface area (Å²) in [5, 5.41) is 1.01. The molecule has 0 aliphatic carbocycles. The number of rotatable bonds is 2. The molecule has 0 amide bonds. The second-order valence-electron chi connectivity index (χ2n) is 5.34. The van der Waals surface area contributed by atoms with Crippen molar-refractivity contribution in [1.29, 1.82) is 0 Å². The van der Waals surface area contributed by atoms with Crippen molar-refractivity contribution < 1.29 is 4.74 Å². The lowest BCUT2D eigenvalue weighted by atomic mass is 9.90. The molecule has 3 N–H and O–H groups in total. The van der Waals surface area contributed by atoms with Gasteiger partial charge in [-0.1, -0.05) is 20.8 Å². The van der Waals surface area contributed by atoms with Crippen molar-refractivity contribution >= 4 is 16.6 Å². The molecular weight excluding hydrogens is 226 g/mol. The molecule has 0 aliphatic rings. The van der Waals surface area contributed by atoms with Crippen LogP contribution in [0.4, 0.5) is 5.69 Å². The third kappa shape index (κ3) is 2.24. The van der Waals surface area contributed by atoms with E-state index in [1.54, 1.807) is 7.11 Å². The van der Waals surface area contributed by atoms with Crippen molar-refractivity contribution in [2.45, 2.75) is 26.2 Å². The molecule has 96 valence electrons. The summed E-state index contributed by atoms with van der Waals surface area (Å²) in [4.78, 5) is 4.69. The van der Waals surface area contributed by atoms with Crippen LogP contribution < -0.4 is 16.0 Å². The summed E-state index contributed by atoms with van der Waals surface area (Å²) in [5.74, 6) is 6.40. The fourth-order valence-corrected chi connectivity index (χ4v) is 1.96.